The summed E-state index contributed by atoms with van der Waals surface area (Å²) in [6.07, 6.45) is 1.62. The van der Waals surface area contributed by atoms with E-state index in [1.165, 1.54) is 12.1 Å². The summed E-state index contributed by atoms with van der Waals surface area (Å²) in [5.74, 6) is 0.468. The minimum atomic E-state index is -0.461. The lowest BCUT2D eigenvalue weighted by molar-refractivity contribution is -0.384. The summed E-state index contributed by atoms with van der Waals surface area (Å²) >= 11 is 10.3. The van der Waals surface area contributed by atoms with Crippen LogP contribution in [0.4, 0.5) is 16.2 Å². The molecular formula is C25H18BrClN2O6S. The standard InChI is InChI=1S/C25H18BrClN2O6S/c1-2-34-21-11-16(12-23-24(30)28(25(31)36-23)18-9-5-17(27)6-10-18)20(26)13-22(21)35-14-15-3-7-19(8-4-15)29(32)33/h3-13H,2,14H2,1H3/b23-12+. The fraction of sp³-hybridized carbons (Fsp3) is 0.120. The summed E-state index contributed by atoms with van der Waals surface area (Å²) < 4.78 is 12.3. The number of amides is 2. The van der Waals surface area contributed by atoms with Gasteiger partial charge in [0.1, 0.15) is 6.61 Å². The van der Waals surface area contributed by atoms with Gasteiger partial charge in [-0.1, -0.05) is 27.5 Å². The van der Waals surface area contributed by atoms with Crippen molar-refractivity contribution in [3.05, 3.63) is 96.3 Å². The van der Waals surface area contributed by atoms with Crippen LogP contribution in [-0.2, 0) is 11.4 Å². The fourth-order valence-electron chi connectivity index (χ4n) is 3.34. The van der Waals surface area contributed by atoms with Crippen LogP contribution in [0.3, 0.4) is 0 Å². The van der Waals surface area contributed by atoms with Crippen molar-refractivity contribution in [2.75, 3.05) is 11.5 Å². The highest BCUT2D eigenvalue weighted by Gasteiger charge is 2.36. The van der Waals surface area contributed by atoms with E-state index in [1.54, 1.807) is 54.6 Å². The predicted octanol–water partition coefficient (Wildman–Crippen LogP) is 7.23. The number of nitro benzene ring substituents is 1. The van der Waals surface area contributed by atoms with E-state index in [4.69, 9.17) is 21.1 Å². The van der Waals surface area contributed by atoms with Crippen molar-refractivity contribution >= 4 is 67.9 Å². The first kappa shape index (κ1) is 25.7. The number of ether oxygens (including phenoxy) is 2. The number of carbonyl (C=O) groups is 2. The molecule has 184 valence electrons. The van der Waals surface area contributed by atoms with E-state index in [1.807, 2.05) is 6.92 Å². The van der Waals surface area contributed by atoms with Gasteiger partial charge in [0.2, 0.25) is 0 Å². The number of rotatable bonds is 8. The molecule has 1 saturated heterocycles. The number of thioether (sulfide) groups is 1. The second-order valence-corrected chi connectivity index (χ2v) is 9.74. The van der Waals surface area contributed by atoms with Crippen molar-refractivity contribution in [1.29, 1.82) is 0 Å². The minimum Gasteiger partial charge on any atom is -0.490 e. The molecule has 0 atom stereocenters. The van der Waals surface area contributed by atoms with Gasteiger partial charge < -0.3 is 9.47 Å². The van der Waals surface area contributed by atoms with E-state index >= 15 is 0 Å². The third kappa shape index (κ3) is 5.72. The summed E-state index contributed by atoms with van der Waals surface area (Å²) in [5, 5.41) is 10.9. The van der Waals surface area contributed by atoms with Crippen LogP contribution in [0.15, 0.2) is 70.0 Å². The van der Waals surface area contributed by atoms with Gasteiger partial charge in [0.05, 0.1) is 22.1 Å². The molecule has 11 heteroatoms. The minimum absolute atomic E-state index is 0.00123. The number of hydrogen-bond acceptors (Lipinski definition) is 7. The van der Waals surface area contributed by atoms with Crippen LogP contribution < -0.4 is 14.4 Å². The van der Waals surface area contributed by atoms with E-state index in [-0.39, 0.29) is 17.2 Å². The molecule has 8 nitrogen and oxygen atoms in total. The zero-order valence-electron chi connectivity index (χ0n) is 18.8. The van der Waals surface area contributed by atoms with Gasteiger partial charge in [-0.05, 0) is 84.4 Å². The highest BCUT2D eigenvalue weighted by Crippen LogP contribution is 2.40. The number of benzene rings is 3. The molecule has 1 fully saturated rings. The largest absolute Gasteiger partial charge is 0.490 e. The Morgan fingerprint density at radius 3 is 2.36 bits per heavy atom. The Hall–Kier alpha value is -3.34. The van der Waals surface area contributed by atoms with Crippen molar-refractivity contribution in [1.82, 2.24) is 0 Å². The van der Waals surface area contributed by atoms with Crippen molar-refractivity contribution in [3.63, 3.8) is 0 Å². The summed E-state index contributed by atoms with van der Waals surface area (Å²) in [5.41, 5.74) is 1.82. The maximum absolute atomic E-state index is 13.0. The molecule has 1 aliphatic rings. The Kier molecular flexibility index (Phi) is 7.97. The molecule has 0 N–H and O–H groups in total. The van der Waals surface area contributed by atoms with Crippen LogP contribution >= 0.6 is 39.3 Å². The molecular weight excluding hydrogens is 572 g/mol. The third-order valence-electron chi connectivity index (χ3n) is 5.07. The quantitative estimate of drug-likeness (QED) is 0.155. The van der Waals surface area contributed by atoms with Crippen LogP contribution in [0.1, 0.15) is 18.1 Å². The van der Waals surface area contributed by atoms with Crippen LogP contribution in [0.5, 0.6) is 11.5 Å². The van der Waals surface area contributed by atoms with Crippen LogP contribution in [0.25, 0.3) is 6.08 Å². The van der Waals surface area contributed by atoms with Gasteiger partial charge in [-0.3, -0.25) is 19.7 Å². The fourth-order valence-corrected chi connectivity index (χ4v) is 4.73. The average molecular weight is 590 g/mol. The van der Waals surface area contributed by atoms with Gasteiger partial charge in [0, 0.05) is 21.6 Å². The van der Waals surface area contributed by atoms with Crippen LogP contribution in [0.2, 0.25) is 5.02 Å². The Morgan fingerprint density at radius 2 is 1.72 bits per heavy atom. The number of imide groups is 1. The number of anilines is 1. The molecule has 36 heavy (non-hydrogen) atoms. The topological polar surface area (TPSA) is 99.0 Å². The number of carbonyl (C=O) groups excluding carboxylic acids is 2. The Bertz CT molecular complexity index is 1360. The second-order valence-electron chi connectivity index (χ2n) is 7.46. The van der Waals surface area contributed by atoms with Gasteiger partial charge in [-0.15, -0.1) is 0 Å². The zero-order chi connectivity index (χ0) is 25.8. The number of non-ortho nitro benzene ring substituents is 1. The molecule has 0 spiro atoms. The number of halogens is 2. The Balaban J connectivity index is 1.57. The Morgan fingerprint density at radius 1 is 1.06 bits per heavy atom. The smallest absolute Gasteiger partial charge is 0.298 e. The summed E-state index contributed by atoms with van der Waals surface area (Å²) in [6.45, 7) is 2.38. The molecule has 0 unspecified atom stereocenters. The van der Waals surface area contributed by atoms with E-state index in [0.717, 1.165) is 22.2 Å². The first-order valence-corrected chi connectivity index (χ1v) is 12.6. The maximum Gasteiger partial charge on any atom is 0.298 e. The van der Waals surface area contributed by atoms with E-state index < -0.39 is 16.1 Å². The van der Waals surface area contributed by atoms with E-state index in [0.29, 0.717) is 38.9 Å². The average Bonchev–Trinajstić information content (AvgIpc) is 3.13. The van der Waals surface area contributed by atoms with Gasteiger partial charge in [0.15, 0.2) is 11.5 Å². The predicted molar refractivity (Wildman–Crippen MR) is 143 cm³/mol. The molecule has 0 saturated carbocycles. The van der Waals surface area contributed by atoms with Crippen molar-refractivity contribution in [2.45, 2.75) is 13.5 Å². The number of nitrogens with zero attached hydrogens (tertiary/aromatic N) is 2. The SMILES string of the molecule is CCOc1cc(/C=C2/SC(=O)N(c3ccc(Cl)cc3)C2=O)c(Br)cc1OCc1ccc([N+](=O)[O-])cc1. The van der Waals surface area contributed by atoms with Gasteiger partial charge >= 0.3 is 0 Å². The number of hydrogen-bond donors (Lipinski definition) is 0. The molecule has 2 amide bonds. The van der Waals surface area contributed by atoms with Crippen LogP contribution in [-0.4, -0.2) is 22.7 Å². The molecule has 0 aliphatic carbocycles. The maximum atomic E-state index is 13.0. The highest BCUT2D eigenvalue weighted by molar-refractivity contribution is 9.10. The molecule has 1 heterocycles. The summed E-state index contributed by atoms with van der Waals surface area (Å²) in [6, 6.07) is 16.0. The van der Waals surface area contributed by atoms with E-state index in [2.05, 4.69) is 15.9 Å². The normalized spacial score (nSPS) is 14.4. The lowest BCUT2D eigenvalue weighted by Crippen LogP contribution is -2.27. The highest BCUT2D eigenvalue weighted by atomic mass is 79.9. The summed E-state index contributed by atoms with van der Waals surface area (Å²) in [7, 11) is 0. The van der Waals surface area contributed by atoms with Crippen molar-refractivity contribution in [2.24, 2.45) is 0 Å². The molecule has 0 radical (unpaired) electrons. The Labute approximate surface area is 224 Å². The lowest BCUT2D eigenvalue weighted by Gasteiger charge is -2.14. The van der Waals surface area contributed by atoms with Crippen molar-refractivity contribution in [3.8, 4) is 11.5 Å². The molecule has 1 aliphatic heterocycles. The number of nitro groups is 1. The molecule has 0 bridgehead atoms. The zero-order valence-corrected chi connectivity index (χ0v) is 21.9. The lowest BCUT2D eigenvalue weighted by atomic mass is 10.1. The molecule has 4 rings (SSSR count). The third-order valence-corrected chi connectivity index (χ3v) is 6.88. The first-order valence-electron chi connectivity index (χ1n) is 10.6. The molecule has 0 aromatic heterocycles. The van der Waals surface area contributed by atoms with Crippen molar-refractivity contribution < 1.29 is 24.0 Å². The molecule has 3 aromatic carbocycles. The van der Waals surface area contributed by atoms with E-state index in [9.17, 15) is 19.7 Å². The monoisotopic (exact) mass is 588 g/mol. The second kappa shape index (κ2) is 11.2. The van der Waals surface area contributed by atoms with Gasteiger partial charge in [-0.2, -0.15) is 0 Å². The van der Waals surface area contributed by atoms with Crippen LogP contribution in [0, 0.1) is 10.1 Å². The van der Waals surface area contributed by atoms with Gasteiger partial charge in [-0.25, -0.2) is 4.90 Å². The summed E-state index contributed by atoms with van der Waals surface area (Å²) in [4.78, 5) is 37.3. The van der Waals surface area contributed by atoms with Gasteiger partial charge in [0.25, 0.3) is 16.8 Å². The first-order chi connectivity index (χ1) is 17.3. The molecule has 3 aromatic rings.